The number of hydrogen-bond donors (Lipinski definition) is 1. The van der Waals surface area contributed by atoms with Crippen LogP contribution in [0.1, 0.15) is 53.2 Å². The van der Waals surface area contributed by atoms with Crippen LogP contribution in [-0.2, 0) is 0 Å². The first kappa shape index (κ1) is 23.0. The SMILES string of the molecule is C=CC(O)c1ccc(O[Si](C)(C)C(C)(C)C)c(O[Si](C)(C)C(C)(C)C)c1. The lowest BCUT2D eigenvalue weighted by Crippen LogP contribution is -2.45. The van der Waals surface area contributed by atoms with E-state index in [1.165, 1.54) is 6.08 Å². The minimum Gasteiger partial charge on any atom is -0.541 e. The standard InChI is InChI=1S/C21H38O3Si2/c1-12-17(22)16-13-14-18(23-25(8,9)20(2,3)4)19(15-16)24-26(10,11)21(5,6)7/h12-15,17,22H,1H2,2-11H3. The first-order valence-electron chi connectivity index (χ1n) is 9.34. The monoisotopic (exact) mass is 394 g/mol. The Morgan fingerprint density at radius 3 is 1.69 bits per heavy atom. The Balaban J connectivity index is 3.40. The first-order chi connectivity index (χ1) is 11.5. The summed E-state index contributed by atoms with van der Waals surface area (Å²) in [5.74, 6) is 1.52. The molecule has 0 heterocycles. The molecule has 1 atom stereocenters. The molecule has 0 aliphatic rings. The van der Waals surface area contributed by atoms with E-state index in [1.807, 2.05) is 18.2 Å². The highest BCUT2D eigenvalue weighted by Crippen LogP contribution is 2.44. The summed E-state index contributed by atoms with van der Waals surface area (Å²) in [4.78, 5) is 0. The molecule has 0 saturated heterocycles. The largest absolute Gasteiger partial charge is 0.541 e. The average molecular weight is 395 g/mol. The van der Waals surface area contributed by atoms with Crippen molar-refractivity contribution < 1.29 is 14.0 Å². The molecule has 0 aliphatic carbocycles. The van der Waals surface area contributed by atoms with E-state index in [9.17, 15) is 5.11 Å². The average Bonchev–Trinajstić information content (AvgIpc) is 2.45. The van der Waals surface area contributed by atoms with Gasteiger partial charge in [-0.15, -0.1) is 6.58 Å². The highest BCUT2D eigenvalue weighted by molar-refractivity contribution is 6.75. The van der Waals surface area contributed by atoms with Crippen LogP contribution >= 0.6 is 0 Å². The maximum absolute atomic E-state index is 10.2. The second kappa shape index (κ2) is 7.52. The summed E-state index contributed by atoms with van der Waals surface area (Å²) in [6, 6.07) is 5.74. The highest BCUT2D eigenvalue weighted by Gasteiger charge is 2.42. The molecule has 1 N–H and O–H groups in total. The van der Waals surface area contributed by atoms with Gasteiger partial charge >= 0.3 is 0 Å². The first-order valence-corrected chi connectivity index (χ1v) is 15.2. The summed E-state index contributed by atoms with van der Waals surface area (Å²) in [6.07, 6.45) is 0.818. The molecule has 26 heavy (non-hydrogen) atoms. The number of rotatable bonds is 6. The third kappa shape index (κ3) is 5.24. The van der Waals surface area contributed by atoms with E-state index in [0.717, 1.165) is 17.1 Å². The van der Waals surface area contributed by atoms with Gasteiger partial charge in [-0.3, -0.25) is 0 Å². The number of hydrogen-bond acceptors (Lipinski definition) is 3. The molecule has 0 saturated carbocycles. The zero-order valence-electron chi connectivity index (χ0n) is 18.4. The molecule has 148 valence electrons. The normalized spacial score (nSPS) is 14.7. The molecule has 0 radical (unpaired) electrons. The van der Waals surface area contributed by atoms with Gasteiger partial charge in [-0.2, -0.15) is 0 Å². The smallest absolute Gasteiger partial charge is 0.250 e. The lowest BCUT2D eigenvalue weighted by atomic mass is 10.1. The van der Waals surface area contributed by atoms with Crippen molar-refractivity contribution in [2.24, 2.45) is 0 Å². The lowest BCUT2D eigenvalue weighted by Gasteiger charge is -2.39. The van der Waals surface area contributed by atoms with E-state index in [2.05, 4.69) is 74.3 Å². The Hall–Kier alpha value is -1.05. The van der Waals surface area contributed by atoms with Gasteiger partial charge in [0.15, 0.2) is 0 Å². The predicted molar refractivity (Wildman–Crippen MR) is 117 cm³/mol. The summed E-state index contributed by atoms with van der Waals surface area (Å²) in [7, 11) is -4.04. The molecule has 1 aromatic carbocycles. The van der Waals surface area contributed by atoms with E-state index in [1.54, 1.807) is 0 Å². The molecule has 0 aromatic heterocycles. The van der Waals surface area contributed by atoms with Crippen LogP contribution in [0.3, 0.4) is 0 Å². The second-order valence-electron chi connectivity index (χ2n) is 10.1. The summed E-state index contributed by atoms with van der Waals surface area (Å²) in [5, 5.41) is 10.3. The Bertz CT molecular complexity index is 638. The van der Waals surface area contributed by atoms with Crippen molar-refractivity contribution in [3.8, 4) is 11.5 Å². The second-order valence-corrected chi connectivity index (χ2v) is 19.6. The minimum absolute atomic E-state index is 0.0777. The summed E-state index contributed by atoms with van der Waals surface area (Å²) in [5.41, 5.74) is 0.774. The van der Waals surface area contributed by atoms with E-state index in [4.69, 9.17) is 8.85 Å². The van der Waals surface area contributed by atoms with Crippen molar-refractivity contribution in [3.63, 3.8) is 0 Å². The van der Waals surface area contributed by atoms with Gasteiger partial charge in [-0.1, -0.05) is 53.7 Å². The van der Waals surface area contributed by atoms with Crippen molar-refractivity contribution in [2.45, 2.75) is 83.9 Å². The maximum Gasteiger partial charge on any atom is 0.250 e. The summed E-state index contributed by atoms with van der Waals surface area (Å²) < 4.78 is 13.1. The lowest BCUT2D eigenvalue weighted by molar-refractivity contribution is 0.228. The van der Waals surface area contributed by atoms with E-state index < -0.39 is 22.7 Å². The molecule has 0 bridgehead atoms. The fourth-order valence-corrected chi connectivity index (χ4v) is 3.90. The minimum atomic E-state index is -2.04. The van der Waals surface area contributed by atoms with Gasteiger partial charge in [-0.25, -0.2) is 0 Å². The van der Waals surface area contributed by atoms with Crippen molar-refractivity contribution in [2.75, 3.05) is 0 Å². The van der Waals surface area contributed by atoms with Crippen LogP contribution in [-0.4, -0.2) is 21.7 Å². The summed E-state index contributed by atoms with van der Waals surface area (Å²) in [6.45, 7) is 25.9. The van der Waals surface area contributed by atoms with Crippen LogP contribution in [0.4, 0.5) is 0 Å². The van der Waals surface area contributed by atoms with Crippen LogP contribution < -0.4 is 8.85 Å². The molecular formula is C21H38O3Si2. The van der Waals surface area contributed by atoms with Crippen LogP contribution in [0.5, 0.6) is 11.5 Å². The van der Waals surface area contributed by atoms with Crippen LogP contribution in [0.25, 0.3) is 0 Å². The molecule has 0 spiro atoms. The molecule has 0 fully saturated rings. The predicted octanol–water partition coefficient (Wildman–Crippen LogP) is 6.67. The van der Waals surface area contributed by atoms with Crippen molar-refractivity contribution in [1.82, 2.24) is 0 Å². The Kier molecular flexibility index (Phi) is 6.65. The highest BCUT2D eigenvalue weighted by atomic mass is 28.4. The van der Waals surface area contributed by atoms with Crippen LogP contribution in [0, 0.1) is 0 Å². The van der Waals surface area contributed by atoms with E-state index in [-0.39, 0.29) is 10.1 Å². The molecular weight excluding hydrogens is 356 g/mol. The third-order valence-electron chi connectivity index (χ3n) is 5.88. The van der Waals surface area contributed by atoms with Gasteiger partial charge in [0.05, 0.1) is 6.10 Å². The fraction of sp³-hybridized carbons (Fsp3) is 0.619. The number of aliphatic hydroxyl groups excluding tert-OH is 1. The van der Waals surface area contributed by atoms with Crippen LogP contribution in [0.2, 0.25) is 36.3 Å². The molecule has 1 rings (SSSR count). The Morgan fingerprint density at radius 2 is 1.31 bits per heavy atom. The Labute approximate surface area is 162 Å². The van der Waals surface area contributed by atoms with Crippen LogP contribution in [0.15, 0.2) is 30.9 Å². The van der Waals surface area contributed by atoms with E-state index >= 15 is 0 Å². The van der Waals surface area contributed by atoms with Crippen molar-refractivity contribution in [1.29, 1.82) is 0 Å². The Morgan fingerprint density at radius 1 is 0.885 bits per heavy atom. The van der Waals surface area contributed by atoms with Gasteiger partial charge in [0.25, 0.3) is 16.6 Å². The third-order valence-corrected chi connectivity index (χ3v) is 14.6. The fourth-order valence-electron chi connectivity index (χ4n) is 1.86. The molecule has 1 aromatic rings. The van der Waals surface area contributed by atoms with Gasteiger partial charge in [0.1, 0.15) is 11.5 Å². The summed E-state index contributed by atoms with van der Waals surface area (Å²) >= 11 is 0. The molecule has 5 heteroatoms. The maximum atomic E-state index is 10.2. The van der Waals surface area contributed by atoms with Crippen molar-refractivity contribution in [3.05, 3.63) is 36.4 Å². The molecule has 0 aliphatic heterocycles. The molecule has 0 amide bonds. The quantitative estimate of drug-likeness (QED) is 0.432. The van der Waals surface area contributed by atoms with E-state index in [0.29, 0.717) is 0 Å². The van der Waals surface area contributed by atoms with Gasteiger partial charge in [0.2, 0.25) is 0 Å². The topological polar surface area (TPSA) is 38.7 Å². The van der Waals surface area contributed by atoms with Gasteiger partial charge in [0, 0.05) is 0 Å². The van der Waals surface area contributed by atoms with Gasteiger partial charge in [-0.05, 0) is 54.0 Å². The van der Waals surface area contributed by atoms with Gasteiger partial charge < -0.3 is 14.0 Å². The number of aliphatic hydroxyl groups is 1. The molecule has 1 unspecified atom stereocenters. The zero-order valence-corrected chi connectivity index (χ0v) is 20.4. The van der Waals surface area contributed by atoms with Crippen molar-refractivity contribution >= 4 is 16.6 Å². The number of benzene rings is 1. The molecule has 3 nitrogen and oxygen atoms in total. The zero-order chi connectivity index (χ0) is 20.6.